The molecule has 5 rings (SSSR count). The first kappa shape index (κ1) is 27.4. The molecule has 0 bridgehead atoms. The van der Waals surface area contributed by atoms with Crippen LogP contribution in [0.15, 0.2) is 18.2 Å². The van der Waals surface area contributed by atoms with Gasteiger partial charge in [0, 0.05) is 37.7 Å². The molecule has 1 aromatic rings. The predicted octanol–water partition coefficient (Wildman–Crippen LogP) is 5.47. The molecular weight excluding hydrogens is 488 g/mol. The summed E-state index contributed by atoms with van der Waals surface area (Å²) in [4.78, 5) is 30.5. The van der Waals surface area contributed by atoms with Crippen LogP contribution in [0.25, 0.3) is 0 Å². The normalized spacial score (nSPS) is 29.5. The predicted molar refractivity (Wildman–Crippen MR) is 142 cm³/mol. The number of nitrogens with zero attached hydrogens (tertiary/aromatic N) is 2. The van der Waals surface area contributed by atoms with E-state index in [0.29, 0.717) is 50.6 Å². The Morgan fingerprint density at radius 2 is 1.82 bits per heavy atom. The van der Waals surface area contributed by atoms with Gasteiger partial charge in [-0.05, 0) is 88.3 Å². The number of likely N-dealkylation sites (tertiary alicyclic amines) is 1. The molecule has 1 unspecified atom stereocenters. The molecule has 38 heavy (non-hydrogen) atoms. The van der Waals surface area contributed by atoms with Gasteiger partial charge in [0.05, 0.1) is 5.54 Å². The van der Waals surface area contributed by atoms with Gasteiger partial charge in [-0.2, -0.15) is 0 Å². The number of nitrogens with one attached hydrogen (secondary N) is 1. The molecule has 4 aliphatic rings. The van der Waals surface area contributed by atoms with Crippen LogP contribution in [-0.2, 0) is 9.53 Å². The van der Waals surface area contributed by atoms with Crippen molar-refractivity contribution in [2.45, 2.75) is 89.1 Å². The highest BCUT2D eigenvalue weighted by Crippen LogP contribution is 2.49. The van der Waals surface area contributed by atoms with Crippen LogP contribution >= 0.6 is 0 Å². The summed E-state index contributed by atoms with van der Waals surface area (Å²) in [6.07, 6.45) is 8.87. The van der Waals surface area contributed by atoms with Crippen LogP contribution in [-0.4, -0.2) is 66.7 Å². The Labute approximate surface area is 225 Å². The van der Waals surface area contributed by atoms with E-state index in [4.69, 9.17) is 4.74 Å². The first-order valence-electron chi connectivity index (χ1n) is 14.5. The van der Waals surface area contributed by atoms with Crippen molar-refractivity contribution in [3.05, 3.63) is 35.4 Å². The van der Waals surface area contributed by atoms with Crippen LogP contribution in [0.2, 0.25) is 0 Å². The Morgan fingerprint density at radius 1 is 1.11 bits per heavy atom. The fourth-order valence-electron chi connectivity index (χ4n) is 7.74. The quantitative estimate of drug-likeness (QED) is 0.529. The molecule has 2 aliphatic carbocycles. The third kappa shape index (κ3) is 5.17. The van der Waals surface area contributed by atoms with E-state index in [-0.39, 0.29) is 40.8 Å². The van der Waals surface area contributed by atoms with Gasteiger partial charge in [0.15, 0.2) is 0 Å². The van der Waals surface area contributed by atoms with Crippen molar-refractivity contribution in [2.24, 2.45) is 17.3 Å². The molecule has 2 saturated carbocycles. The van der Waals surface area contributed by atoms with E-state index in [1.807, 2.05) is 16.8 Å². The molecular formula is C30H43F2N3O3. The lowest BCUT2D eigenvalue weighted by Crippen LogP contribution is -2.55. The lowest BCUT2D eigenvalue weighted by Gasteiger charge is -2.51. The van der Waals surface area contributed by atoms with Crippen molar-refractivity contribution in [2.75, 3.05) is 33.3 Å². The maximum absolute atomic E-state index is 14.8. The average molecular weight is 532 g/mol. The van der Waals surface area contributed by atoms with Gasteiger partial charge in [-0.25, -0.2) is 13.6 Å². The van der Waals surface area contributed by atoms with Gasteiger partial charge in [-0.3, -0.25) is 9.69 Å². The van der Waals surface area contributed by atoms with E-state index in [0.717, 1.165) is 18.9 Å². The first-order chi connectivity index (χ1) is 18.1. The third-order valence-electron chi connectivity index (χ3n) is 10.2. The summed E-state index contributed by atoms with van der Waals surface area (Å²) >= 11 is 0. The van der Waals surface area contributed by atoms with Crippen LogP contribution in [0, 0.1) is 28.9 Å². The van der Waals surface area contributed by atoms with Gasteiger partial charge in [0.25, 0.3) is 0 Å². The van der Waals surface area contributed by atoms with E-state index in [9.17, 15) is 18.4 Å². The lowest BCUT2D eigenvalue weighted by atomic mass is 9.63. The molecule has 210 valence electrons. The lowest BCUT2D eigenvalue weighted by molar-refractivity contribution is -0.139. The number of benzene rings is 1. The Kier molecular flexibility index (Phi) is 7.73. The third-order valence-corrected chi connectivity index (χ3v) is 10.2. The summed E-state index contributed by atoms with van der Waals surface area (Å²) in [5.41, 5.74) is 0.0824. The van der Waals surface area contributed by atoms with E-state index in [1.165, 1.54) is 44.2 Å². The van der Waals surface area contributed by atoms with E-state index >= 15 is 0 Å². The summed E-state index contributed by atoms with van der Waals surface area (Å²) in [6, 6.07) is 3.84. The van der Waals surface area contributed by atoms with Crippen LogP contribution < -0.4 is 5.32 Å². The fourth-order valence-corrected chi connectivity index (χ4v) is 7.74. The van der Waals surface area contributed by atoms with Crippen LogP contribution in [0.1, 0.15) is 83.1 Å². The summed E-state index contributed by atoms with van der Waals surface area (Å²) < 4.78 is 33.8. The van der Waals surface area contributed by atoms with Crippen molar-refractivity contribution < 1.29 is 23.1 Å². The van der Waals surface area contributed by atoms with Crippen LogP contribution in [0.4, 0.5) is 13.6 Å². The Bertz CT molecular complexity index is 1030. The maximum Gasteiger partial charge on any atom is 0.410 e. The van der Waals surface area contributed by atoms with Gasteiger partial charge in [-0.15, -0.1) is 0 Å². The number of hydrogen-bond acceptors (Lipinski definition) is 4. The largest absolute Gasteiger partial charge is 0.447 e. The number of rotatable bonds is 6. The van der Waals surface area contributed by atoms with Gasteiger partial charge >= 0.3 is 6.09 Å². The topological polar surface area (TPSA) is 61.9 Å². The number of ether oxygens (including phenoxy) is 1. The van der Waals surface area contributed by atoms with Gasteiger partial charge in [0.2, 0.25) is 5.91 Å². The fraction of sp³-hybridized carbons (Fsp3) is 0.733. The Hall–Kier alpha value is -2.22. The number of halogens is 2. The first-order valence-corrected chi connectivity index (χ1v) is 14.5. The van der Waals surface area contributed by atoms with Gasteiger partial charge in [0.1, 0.15) is 18.2 Å². The zero-order valence-electron chi connectivity index (χ0n) is 23.1. The van der Waals surface area contributed by atoms with Crippen molar-refractivity contribution in [3.63, 3.8) is 0 Å². The van der Waals surface area contributed by atoms with Crippen molar-refractivity contribution in [1.29, 1.82) is 0 Å². The van der Waals surface area contributed by atoms with Crippen LogP contribution in [0.5, 0.6) is 0 Å². The molecule has 2 heterocycles. The number of cyclic esters (lactones) is 1. The maximum atomic E-state index is 14.8. The van der Waals surface area contributed by atoms with E-state index < -0.39 is 11.6 Å². The van der Waals surface area contributed by atoms with Gasteiger partial charge < -0.3 is 15.0 Å². The molecule has 6 nitrogen and oxygen atoms in total. The number of amides is 2. The van der Waals surface area contributed by atoms with Crippen LogP contribution in [0.3, 0.4) is 0 Å². The SMILES string of the molecule is CN[C@H]1CC(C(=O)N2CCC(CN3C(=O)OCC3(C)C)(C3CCCCC3)CC2)[C@H](c2ccc(F)cc2F)C1. The standard InChI is InChI=1S/C30H43F2N3O3/c1-29(2)19-38-28(37)35(29)18-30(20-7-5-4-6-8-20)11-13-34(14-12-30)27(36)25-17-22(33-3)16-24(25)23-10-9-21(31)15-26(23)32/h9-10,15,20,22,24-25,33H,4-8,11-14,16-19H2,1-3H3/t22-,24+,25?/m1/s1. The second-order valence-electron chi connectivity index (χ2n) is 12.8. The molecule has 0 spiro atoms. The molecule has 4 fully saturated rings. The number of hydrogen-bond donors (Lipinski definition) is 1. The summed E-state index contributed by atoms with van der Waals surface area (Å²) in [5, 5.41) is 3.27. The highest BCUT2D eigenvalue weighted by molar-refractivity contribution is 5.80. The number of carbonyl (C=O) groups excluding carboxylic acids is 2. The molecule has 2 amide bonds. The monoisotopic (exact) mass is 531 g/mol. The zero-order valence-corrected chi connectivity index (χ0v) is 23.1. The minimum absolute atomic E-state index is 0.0243. The minimum atomic E-state index is -0.600. The van der Waals surface area contributed by atoms with Gasteiger partial charge in [-0.1, -0.05) is 25.3 Å². The summed E-state index contributed by atoms with van der Waals surface area (Å²) in [7, 11) is 1.87. The zero-order chi connectivity index (χ0) is 27.1. The molecule has 1 N–H and O–H groups in total. The highest BCUT2D eigenvalue weighted by Gasteiger charge is 2.50. The number of carbonyl (C=O) groups is 2. The van der Waals surface area contributed by atoms with Crippen molar-refractivity contribution in [3.8, 4) is 0 Å². The van der Waals surface area contributed by atoms with Crippen molar-refractivity contribution in [1.82, 2.24) is 15.1 Å². The van der Waals surface area contributed by atoms with E-state index in [1.54, 1.807) is 0 Å². The number of piperidine rings is 1. The molecule has 2 saturated heterocycles. The molecule has 0 radical (unpaired) electrons. The molecule has 3 atom stereocenters. The second-order valence-corrected chi connectivity index (χ2v) is 12.8. The second kappa shape index (κ2) is 10.7. The average Bonchev–Trinajstić information content (AvgIpc) is 3.45. The molecule has 0 aromatic heterocycles. The summed E-state index contributed by atoms with van der Waals surface area (Å²) in [6.45, 7) is 6.53. The highest BCUT2D eigenvalue weighted by atomic mass is 19.1. The molecule has 8 heteroatoms. The Balaban J connectivity index is 1.34. The molecule has 1 aromatic carbocycles. The minimum Gasteiger partial charge on any atom is -0.447 e. The smallest absolute Gasteiger partial charge is 0.410 e. The summed E-state index contributed by atoms with van der Waals surface area (Å²) in [5.74, 6) is -1.15. The Morgan fingerprint density at radius 3 is 2.42 bits per heavy atom. The van der Waals surface area contributed by atoms with E-state index in [2.05, 4.69) is 19.2 Å². The molecule has 2 aliphatic heterocycles. The van der Waals surface area contributed by atoms with Crippen molar-refractivity contribution >= 4 is 12.0 Å².